The van der Waals surface area contributed by atoms with Crippen LogP contribution in [0.2, 0.25) is 0 Å². The van der Waals surface area contributed by atoms with Crippen LogP contribution in [0, 0.1) is 12.8 Å². The first-order valence-corrected chi connectivity index (χ1v) is 9.29. The summed E-state index contributed by atoms with van der Waals surface area (Å²) in [5.74, 6) is 1.12. The van der Waals surface area contributed by atoms with Gasteiger partial charge in [0.05, 0.1) is 11.3 Å². The molecule has 0 bridgehead atoms. The van der Waals surface area contributed by atoms with Crippen molar-refractivity contribution in [3.8, 4) is 11.3 Å². The number of hydrogen-bond donors (Lipinski definition) is 0. The predicted molar refractivity (Wildman–Crippen MR) is 104 cm³/mol. The van der Waals surface area contributed by atoms with E-state index in [0.29, 0.717) is 23.0 Å². The molecule has 1 aliphatic rings. The average molecular weight is 358 g/mol. The Labute approximate surface area is 159 Å². The lowest BCUT2D eigenvalue weighted by Crippen LogP contribution is -2.30. The molecular formula is C22H22N4O. The molecule has 0 saturated carbocycles. The lowest BCUT2D eigenvalue weighted by atomic mass is 10.0. The summed E-state index contributed by atoms with van der Waals surface area (Å²) in [7, 11) is 0. The fourth-order valence-corrected chi connectivity index (χ4v) is 3.61. The number of likely N-dealkylation sites (tertiary alicyclic amines) is 1. The molecule has 0 aliphatic carbocycles. The maximum absolute atomic E-state index is 13.2. The number of pyridine rings is 1. The van der Waals surface area contributed by atoms with Gasteiger partial charge in [0.1, 0.15) is 5.82 Å². The van der Waals surface area contributed by atoms with Crippen molar-refractivity contribution in [2.24, 2.45) is 5.92 Å². The first-order chi connectivity index (χ1) is 13.2. The number of nitrogens with zero attached hydrogens (tertiary/aromatic N) is 4. The normalized spacial score (nSPS) is 16.5. The van der Waals surface area contributed by atoms with Gasteiger partial charge in [-0.1, -0.05) is 36.4 Å². The molecule has 27 heavy (non-hydrogen) atoms. The Balaban J connectivity index is 1.54. The number of benzene rings is 1. The molecule has 2 aromatic heterocycles. The molecule has 1 saturated heterocycles. The van der Waals surface area contributed by atoms with Gasteiger partial charge < -0.3 is 4.90 Å². The van der Waals surface area contributed by atoms with E-state index in [1.165, 1.54) is 0 Å². The lowest BCUT2D eigenvalue weighted by Gasteiger charge is -2.18. The first-order valence-electron chi connectivity index (χ1n) is 9.29. The van der Waals surface area contributed by atoms with Crippen LogP contribution in [0.15, 0.2) is 60.9 Å². The number of aryl methyl sites for hydroxylation is 1. The van der Waals surface area contributed by atoms with Gasteiger partial charge in [0.25, 0.3) is 5.91 Å². The van der Waals surface area contributed by atoms with Crippen LogP contribution < -0.4 is 0 Å². The van der Waals surface area contributed by atoms with Crippen LogP contribution in [0.5, 0.6) is 0 Å². The number of aromatic nitrogens is 3. The number of carbonyl (C=O) groups is 1. The van der Waals surface area contributed by atoms with E-state index >= 15 is 0 Å². The summed E-state index contributed by atoms with van der Waals surface area (Å²) in [6.45, 7) is 3.36. The van der Waals surface area contributed by atoms with E-state index in [1.807, 2.05) is 66.6 Å². The van der Waals surface area contributed by atoms with Crippen molar-refractivity contribution in [1.82, 2.24) is 19.9 Å². The molecule has 1 fully saturated rings. The van der Waals surface area contributed by atoms with Gasteiger partial charge in [-0.2, -0.15) is 0 Å². The van der Waals surface area contributed by atoms with Crippen molar-refractivity contribution in [1.29, 1.82) is 0 Å². The van der Waals surface area contributed by atoms with Gasteiger partial charge in [-0.05, 0) is 37.8 Å². The van der Waals surface area contributed by atoms with Crippen molar-refractivity contribution in [3.63, 3.8) is 0 Å². The first kappa shape index (κ1) is 17.3. The highest BCUT2D eigenvalue weighted by Gasteiger charge is 2.29. The minimum absolute atomic E-state index is 0.0115. The van der Waals surface area contributed by atoms with Crippen molar-refractivity contribution in [3.05, 3.63) is 78.0 Å². The molecule has 136 valence electrons. The molecule has 1 aliphatic heterocycles. The van der Waals surface area contributed by atoms with E-state index in [2.05, 4.69) is 15.0 Å². The quantitative estimate of drug-likeness (QED) is 0.716. The summed E-state index contributed by atoms with van der Waals surface area (Å²) < 4.78 is 0. The Morgan fingerprint density at radius 3 is 2.70 bits per heavy atom. The van der Waals surface area contributed by atoms with Crippen molar-refractivity contribution >= 4 is 5.91 Å². The SMILES string of the molecule is Cc1ncc(C(=O)N2CCC(Cc3ccccn3)C2)c(-c2ccccc2)n1. The van der Waals surface area contributed by atoms with Gasteiger partial charge in [0.2, 0.25) is 0 Å². The van der Waals surface area contributed by atoms with E-state index in [1.54, 1.807) is 6.20 Å². The average Bonchev–Trinajstić information content (AvgIpc) is 3.17. The maximum atomic E-state index is 13.2. The van der Waals surface area contributed by atoms with Crippen molar-refractivity contribution in [2.45, 2.75) is 19.8 Å². The molecule has 5 nitrogen and oxygen atoms in total. The Morgan fingerprint density at radius 1 is 1.11 bits per heavy atom. The molecule has 5 heteroatoms. The van der Waals surface area contributed by atoms with E-state index in [4.69, 9.17) is 0 Å². The highest BCUT2D eigenvalue weighted by molar-refractivity contribution is 5.99. The number of amides is 1. The zero-order valence-corrected chi connectivity index (χ0v) is 15.4. The summed E-state index contributed by atoms with van der Waals surface area (Å²) in [5, 5.41) is 0. The number of rotatable bonds is 4. The molecule has 1 amide bonds. The Morgan fingerprint density at radius 2 is 1.93 bits per heavy atom. The largest absolute Gasteiger partial charge is 0.338 e. The van der Waals surface area contributed by atoms with Crippen LogP contribution in [-0.2, 0) is 6.42 Å². The second-order valence-electron chi connectivity index (χ2n) is 6.98. The third-order valence-corrected chi connectivity index (χ3v) is 4.98. The molecule has 1 aromatic carbocycles. The van der Waals surface area contributed by atoms with E-state index in [0.717, 1.165) is 37.2 Å². The minimum atomic E-state index is 0.0115. The standard InChI is InChI=1S/C22H22N4O/c1-16-24-14-20(21(25-16)18-7-3-2-4-8-18)22(27)26-12-10-17(15-26)13-19-9-5-6-11-23-19/h2-9,11,14,17H,10,12-13,15H2,1H3. The van der Waals surface area contributed by atoms with Gasteiger partial charge in [-0.15, -0.1) is 0 Å². The van der Waals surface area contributed by atoms with E-state index < -0.39 is 0 Å². The summed E-state index contributed by atoms with van der Waals surface area (Å²) >= 11 is 0. The molecule has 0 N–H and O–H groups in total. The maximum Gasteiger partial charge on any atom is 0.257 e. The Hall–Kier alpha value is -3.08. The fraction of sp³-hybridized carbons (Fsp3) is 0.273. The highest BCUT2D eigenvalue weighted by atomic mass is 16.2. The van der Waals surface area contributed by atoms with Gasteiger partial charge >= 0.3 is 0 Å². The Bertz CT molecular complexity index is 928. The van der Waals surface area contributed by atoms with Gasteiger partial charge in [0.15, 0.2) is 0 Å². The number of carbonyl (C=O) groups excluding carboxylic acids is 1. The van der Waals surface area contributed by atoms with Crippen LogP contribution >= 0.6 is 0 Å². The molecule has 3 aromatic rings. The summed E-state index contributed by atoms with van der Waals surface area (Å²) in [5.41, 5.74) is 3.31. The van der Waals surface area contributed by atoms with Crippen LogP contribution in [-0.4, -0.2) is 38.8 Å². The Kier molecular flexibility index (Phi) is 4.92. The lowest BCUT2D eigenvalue weighted by molar-refractivity contribution is 0.0787. The monoisotopic (exact) mass is 358 g/mol. The van der Waals surface area contributed by atoms with E-state index in [9.17, 15) is 4.79 Å². The smallest absolute Gasteiger partial charge is 0.257 e. The molecule has 4 rings (SSSR count). The molecule has 1 atom stereocenters. The minimum Gasteiger partial charge on any atom is -0.338 e. The molecule has 1 unspecified atom stereocenters. The fourth-order valence-electron chi connectivity index (χ4n) is 3.61. The molecule has 0 radical (unpaired) electrons. The zero-order chi connectivity index (χ0) is 18.6. The summed E-state index contributed by atoms with van der Waals surface area (Å²) in [4.78, 5) is 28.3. The summed E-state index contributed by atoms with van der Waals surface area (Å²) in [6.07, 6.45) is 5.39. The van der Waals surface area contributed by atoms with Gasteiger partial charge in [-0.25, -0.2) is 9.97 Å². The van der Waals surface area contributed by atoms with Gasteiger partial charge in [0, 0.05) is 36.7 Å². The third-order valence-electron chi connectivity index (χ3n) is 4.98. The van der Waals surface area contributed by atoms with Gasteiger partial charge in [-0.3, -0.25) is 9.78 Å². The number of hydrogen-bond acceptors (Lipinski definition) is 4. The van der Waals surface area contributed by atoms with Crippen LogP contribution in [0.4, 0.5) is 0 Å². The van der Waals surface area contributed by atoms with Crippen LogP contribution in [0.1, 0.15) is 28.3 Å². The third kappa shape index (κ3) is 3.87. The summed E-state index contributed by atoms with van der Waals surface area (Å²) in [6, 6.07) is 15.8. The highest BCUT2D eigenvalue weighted by Crippen LogP contribution is 2.26. The topological polar surface area (TPSA) is 59.0 Å². The zero-order valence-electron chi connectivity index (χ0n) is 15.4. The van der Waals surface area contributed by atoms with Crippen molar-refractivity contribution < 1.29 is 4.79 Å². The predicted octanol–water partition coefficient (Wildman–Crippen LogP) is 3.55. The second kappa shape index (κ2) is 7.66. The molecule has 3 heterocycles. The van der Waals surface area contributed by atoms with Crippen LogP contribution in [0.3, 0.4) is 0 Å². The molecular weight excluding hydrogens is 336 g/mol. The molecule has 0 spiro atoms. The van der Waals surface area contributed by atoms with E-state index in [-0.39, 0.29) is 5.91 Å². The second-order valence-corrected chi connectivity index (χ2v) is 6.98. The van der Waals surface area contributed by atoms with Crippen molar-refractivity contribution in [2.75, 3.05) is 13.1 Å². The van der Waals surface area contributed by atoms with Crippen LogP contribution in [0.25, 0.3) is 11.3 Å².